The molecule has 2 aromatic heterocycles. The van der Waals surface area contributed by atoms with Gasteiger partial charge in [-0.15, -0.1) is 11.8 Å². The van der Waals surface area contributed by atoms with Gasteiger partial charge in [-0.2, -0.15) is 31.3 Å². The van der Waals surface area contributed by atoms with Crippen LogP contribution in [-0.4, -0.2) is 75.0 Å². The number of benzene rings is 2. The third kappa shape index (κ3) is 6.09. The number of carbonyl (C=O) groups is 1. The lowest BCUT2D eigenvalue weighted by Crippen LogP contribution is -2.58. The lowest BCUT2D eigenvalue weighted by molar-refractivity contribution is -0.137. The number of nitrogen functional groups attached to an aromatic ring is 1. The lowest BCUT2D eigenvalue weighted by Gasteiger charge is -2.44. The molecule has 1 amide bonds. The molecule has 2 aromatic carbocycles. The van der Waals surface area contributed by atoms with E-state index in [-0.39, 0.29) is 73.8 Å². The molecule has 9 nitrogen and oxygen atoms in total. The van der Waals surface area contributed by atoms with Gasteiger partial charge in [0.05, 0.1) is 27.8 Å². The summed E-state index contributed by atoms with van der Waals surface area (Å²) in [5.74, 6) is -1.27. The Morgan fingerprint density at radius 1 is 1.12 bits per heavy atom. The van der Waals surface area contributed by atoms with Gasteiger partial charge in [-0.1, -0.05) is 17.9 Å². The molecule has 2 aliphatic rings. The maximum atomic E-state index is 15.1. The SMILES string of the molecule is C=CC(=O)N1[C@H](C)CN(c2nc(=O)n3c4c(c(-c5ccc(F)c6sc(N)nc56)c(C(F)(F)F)cc24)SCC(NCC(F)(F)F)C3)C[C@@H]1C. The molecule has 0 aliphatic carbocycles. The Labute approximate surface area is 276 Å². The Bertz CT molecular complexity index is 2000. The molecule has 1 saturated heterocycles. The fraction of sp³-hybridized carbons (Fsp3) is 0.400. The van der Waals surface area contributed by atoms with Gasteiger partial charge in [0.2, 0.25) is 5.91 Å². The van der Waals surface area contributed by atoms with Crippen LogP contribution in [0.2, 0.25) is 0 Å². The number of thiazole rings is 1. The first-order chi connectivity index (χ1) is 22.5. The molecule has 1 unspecified atom stereocenters. The van der Waals surface area contributed by atoms with Crippen LogP contribution in [0.4, 0.5) is 41.7 Å². The number of carbonyl (C=O) groups excluding carboxylic acids is 1. The zero-order chi connectivity index (χ0) is 34.9. The molecule has 48 heavy (non-hydrogen) atoms. The minimum absolute atomic E-state index is 0.0416. The van der Waals surface area contributed by atoms with Crippen LogP contribution < -0.4 is 21.6 Å². The monoisotopic (exact) mass is 715 g/mol. The van der Waals surface area contributed by atoms with Crippen molar-refractivity contribution < 1.29 is 35.5 Å². The van der Waals surface area contributed by atoms with E-state index in [0.29, 0.717) is 0 Å². The predicted octanol–water partition coefficient (Wildman–Crippen LogP) is 5.65. The second-order valence-electron chi connectivity index (χ2n) is 11.7. The second kappa shape index (κ2) is 12.2. The van der Waals surface area contributed by atoms with E-state index >= 15 is 13.2 Å². The Hall–Kier alpha value is -3.90. The molecule has 0 saturated carbocycles. The third-order valence-electron chi connectivity index (χ3n) is 8.36. The second-order valence-corrected chi connectivity index (χ2v) is 13.8. The Balaban J connectivity index is 1.65. The number of hydrogen-bond donors (Lipinski definition) is 2. The highest BCUT2D eigenvalue weighted by Crippen LogP contribution is 2.50. The van der Waals surface area contributed by atoms with E-state index < -0.39 is 59.7 Å². The quantitative estimate of drug-likeness (QED) is 0.202. The summed E-state index contributed by atoms with van der Waals surface area (Å²) in [7, 11) is 0. The van der Waals surface area contributed by atoms with Crippen LogP contribution in [0.3, 0.4) is 0 Å². The first-order valence-electron chi connectivity index (χ1n) is 14.6. The van der Waals surface area contributed by atoms with Crippen molar-refractivity contribution >= 4 is 61.1 Å². The van der Waals surface area contributed by atoms with Gasteiger partial charge in [-0.3, -0.25) is 9.36 Å². The number of fused-ring (bicyclic) bond motifs is 1. The van der Waals surface area contributed by atoms with Crippen LogP contribution in [0, 0.1) is 5.82 Å². The highest BCUT2D eigenvalue weighted by molar-refractivity contribution is 7.99. The highest BCUT2D eigenvalue weighted by atomic mass is 32.2. The average Bonchev–Trinajstić information content (AvgIpc) is 3.28. The first kappa shape index (κ1) is 34.0. The summed E-state index contributed by atoms with van der Waals surface area (Å²) < 4.78 is 101. The number of nitrogens with two attached hydrogens (primary N) is 1. The molecule has 4 heterocycles. The number of aromatic nitrogens is 3. The smallest absolute Gasteiger partial charge is 0.375 e. The van der Waals surface area contributed by atoms with Gasteiger partial charge in [-0.05, 0) is 38.1 Å². The maximum absolute atomic E-state index is 15.1. The molecule has 4 aromatic rings. The summed E-state index contributed by atoms with van der Waals surface area (Å²) in [6.07, 6.45) is -8.41. The van der Waals surface area contributed by atoms with Crippen molar-refractivity contribution in [2.24, 2.45) is 0 Å². The molecule has 3 N–H and O–H groups in total. The highest BCUT2D eigenvalue weighted by Gasteiger charge is 2.41. The third-order valence-corrected chi connectivity index (χ3v) is 10.5. The number of anilines is 2. The number of halogens is 7. The molecule has 1 fully saturated rings. The Morgan fingerprint density at radius 3 is 2.44 bits per heavy atom. The normalized spacial score (nSPS) is 20.4. The lowest BCUT2D eigenvalue weighted by atomic mass is 9.95. The standard InChI is InChI=1S/C30H28F7N7O2S2/c1-4-20(45)44-13(2)8-42(9-14(44)3)26-17-7-18(30(35,36)37)21(16-5-6-19(31)24-22(16)40-27(38)48-24)25-23(17)43(28(46)41-26)10-15(11-47-25)39-12-29(32,33)34/h4-7,13-15,39H,1,8-12H2,2-3H3,(H2,38,40)/t13-,14+,15?. The molecular formula is C30H28F7N7O2S2. The summed E-state index contributed by atoms with van der Waals surface area (Å²) >= 11 is 1.61. The Morgan fingerprint density at radius 2 is 1.81 bits per heavy atom. The van der Waals surface area contributed by atoms with Crippen LogP contribution in [0.15, 0.2) is 40.5 Å². The van der Waals surface area contributed by atoms with Crippen LogP contribution in [-0.2, 0) is 17.5 Å². The molecule has 3 atom stereocenters. The largest absolute Gasteiger partial charge is 0.417 e. The van der Waals surface area contributed by atoms with E-state index in [0.717, 1.165) is 45.9 Å². The molecule has 0 spiro atoms. The van der Waals surface area contributed by atoms with E-state index in [1.165, 1.54) is 6.08 Å². The van der Waals surface area contributed by atoms with Gasteiger partial charge in [-0.25, -0.2) is 14.2 Å². The topological polar surface area (TPSA) is 109 Å². The van der Waals surface area contributed by atoms with Crippen LogP contribution in [0.1, 0.15) is 19.4 Å². The predicted molar refractivity (Wildman–Crippen MR) is 171 cm³/mol. The number of alkyl halides is 6. The summed E-state index contributed by atoms with van der Waals surface area (Å²) in [5, 5.41) is 2.24. The molecule has 0 bridgehead atoms. The van der Waals surface area contributed by atoms with Gasteiger partial charge in [0, 0.05) is 64.9 Å². The number of thioether (sulfide) groups is 1. The zero-order valence-corrected chi connectivity index (χ0v) is 27.0. The molecule has 18 heteroatoms. The maximum Gasteiger partial charge on any atom is 0.417 e. The number of nitrogens with zero attached hydrogens (tertiary/aromatic N) is 5. The van der Waals surface area contributed by atoms with Crippen LogP contribution in [0.25, 0.3) is 32.2 Å². The fourth-order valence-electron chi connectivity index (χ4n) is 6.51. The van der Waals surface area contributed by atoms with Gasteiger partial charge in [0.15, 0.2) is 5.13 Å². The van der Waals surface area contributed by atoms with Crippen molar-refractivity contribution in [2.75, 3.05) is 36.0 Å². The van der Waals surface area contributed by atoms with Crippen LogP contribution in [0.5, 0.6) is 0 Å². The average molecular weight is 716 g/mol. The van der Waals surface area contributed by atoms with Gasteiger partial charge < -0.3 is 20.9 Å². The van der Waals surface area contributed by atoms with Crippen molar-refractivity contribution in [3.05, 3.63) is 52.7 Å². The van der Waals surface area contributed by atoms with Crippen molar-refractivity contribution in [1.82, 2.24) is 24.8 Å². The number of amides is 1. The van der Waals surface area contributed by atoms with Gasteiger partial charge in [0.25, 0.3) is 0 Å². The van der Waals surface area contributed by atoms with Gasteiger partial charge in [0.1, 0.15) is 11.6 Å². The Kier molecular flexibility index (Phi) is 8.64. The van der Waals surface area contributed by atoms with Gasteiger partial charge >= 0.3 is 18.0 Å². The molecular weight excluding hydrogens is 687 g/mol. The van der Waals surface area contributed by atoms with Crippen LogP contribution >= 0.6 is 23.1 Å². The zero-order valence-electron chi connectivity index (χ0n) is 25.4. The number of piperazine rings is 1. The molecule has 2 aliphatic heterocycles. The molecule has 256 valence electrons. The van der Waals surface area contributed by atoms with E-state index in [4.69, 9.17) is 5.73 Å². The molecule has 0 radical (unpaired) electrons. The number of hydrogen-bond acceptors (Lipinski definition) is 9. The summed E-state index contributed by atoms with van der Waals surface area (Å²) in [6, 6.07) is 1.15. The van der Waals surface area contributed by atoms with Crippen molar-refractivity contribution in [2.45, 2.75) is 55.8 Å². The number of nitrogens with one attached hydrogen (secondary N) is 1. The van der Waals surface area contributed by atoms with E-state index in [1.54, 1.807) is 23.6 Å². The summed E-state index contributed by atoms with van der Waals surface area (Å²) in [4.78, 5) is 37.8. The van der Waals surface area contributed by atoms with E-state index in [1.807, 2.05) is 0 Å². The minimum Gasteiger partial charge on any atom is -0.375 e. The fourth-order valence-corrected chi connectivity index (χ4v) is 8.58. The number of rotatable bonds is 5. The summed E-state index contributed by atoms with van der Waals surface area (Å²) in [6.45, 7) is 5.56. The van der Waals surface area contributed by atoms with Crippen molar-refractivity contribution in [3.8, 4) is 11.1 Å². The van der Waals surface area contributed by atoms with E-state index in [9.17, 15) is 27.2 Å². The van der Waals surface area contributed by atoms with Crippen molar-refractivity contribution in [3.63, 3.8) is 0 Å². The van der Waals surface area contributed by atoms with Crippen molar-refractivity contribution in [1.29, 1.82) is 0 Å². The molecule has 6 rings (SSSR count). The summed E-state index contributed by atoms with van der Waals surface area (Å²) in [5.41, 5.74) is 3.25. The first-order valence-corrected chi connectivity index (χ1v) is 16.4. The minimum atomic E-state index is -4.99. The van der Waals surface area contributed by atoms with E-state index in [2.05, 4.69) is 21.9 Å².